The molecule has 5 N–H and O–H groups in total. The van der Waals surface area contributed by atoms with Crippen molar-refractivity contribution in [3.05, 3.63) is 34.6 Å². The van der Waals surface area contributed by atoms with E-state index in [0.29, 0.717) is 12.8 Å². The smallest absolute Gasteiger partial charge is 0.251 e. The SMILES string of the molecule is [B]C([B])(C(=O)NC(C)(C([B])([B])O)C([B])(O)O)N1CCC(CNC(=O)c2cc(F)cc(Cl)c2)CC1. The predicted octanol–water partition coefficient (Wildman–Crippen LogP) is -2.42. The fourth-order valence-corrected chi connectivity index (χ4v) is 3.71. The molecule has 8 nitrogen and oxygen atoms in total. The highest BCUT2D eigenvalue weighted by Crippen LogP contribution is 2.28. The van der Waals surface area contributed by atoms with Crippen molar-refractivity contribution in [2.24, 2.45) is 5.92 Å². The monoisotopic (exact) mass is 481 g/mol. The first-order valence-electron chi connectivity index (χ1n) is 10.3. The molecule has 1 aliphatic heterocycles. The first-order valence-corrected chi connectivity index (χ1v) is 10.7. The number of aliphatic hydroxyl groups is 3. The molecule has 1 atom stereocenters. The summed E-state index contributed by atoms with van der Waals surface area (Å²) in [6.45, 7) is 1.67. The van der Waals surface area contributed by atoms with Gasteiger partial charge in [-0.3, -0.25) is 9.59 Å². The van der Waals surface area contributed by atoms with Gasteiger partial charge >= 0.3 is 0 Å². The van der Waals surface area contributed by atoms with Crippen LogP contribution in [0.5, 0.6) is 0 Å². The number of hydrogen-bond acceptors (Lipinski definition) is 6. The number of likely N-dealkylation sites (tertiary alicyclic amines) is 1. The molecule has 172 valence electrons. The zero-order valence-electron chi connectivity index (χ0n) is 18.6. The van der Waals surface area contributed by atoms with Crippen molar-refractivity contribution in [2.45, 2.75) is 41.7 Å². The number of carbonyl (C=O) groups is 2. The summed E-state index contributed by atoms with van der Waals surface area (Å²) in [5, 5.41) is 29.4. The van der Waals surface area contributed by atoms with Gasteiger partial charge in [-0.25, -0.2) is 4.39 Å². The van der Waals surface area contributed by atoms with Gasteiger partial charge in [-0.1, -0.05) is 11.6 Å². The van der Waals surface area contributed by atoms with Crippen LogP contribution in [0.1, 0.15) is 30.1 Å². The Balaban J connectivity index is 1.96. The highest BCUT2D eigenvalue weighted by atomic mass is 35.5. The molecule has 15 heteroatoms. The molecule has 1 heterocycles. The van der Waals surface area contributed by atoms with Crippen molar-refractivity contribution >= 4 is 62.6 Å². The Morgan fingerprint density at radius 3 is 2.15 bits per heavy atom. The van der Waals surface area contributed by atoms with Crippen molar-refractivity contribution in [1.82, 2.24) is 15.5 Å². The molecule has 0 aliphatic carbocycles. The van der Waals surface area contributed by atoms with Crippen LogP contribution in [0.4, 0.5) is 4.39 Å². The highest BCUT2D eigenvalue weighted by molar-refractivity contribution is 6.51. The van der Waals surface area contributed by atoms with Crippen molar-refractivity contribution in [2.75, 3.05) is 19.6 Å². The number of rotatable bonds is 8. The average molecular weight is 481 g/mol. The highest BCUT2D eigenvalue weighted by Gasteiger charge is 2.53. The van der Waals surface area contributed by atoms with E-state index >= 15 is 0 Å². The summed E-state index contributed by atoms with van der Waals surface area (Å²) in [4.78, 5) is 26.5. The topological polar surface area (TPSA) is 122 Å². The summed E-state index contributed by atoms with van der Waals surface area (Å²) in [7, 11) is 28.0. The second-order valence-electron chi connectivity index (χ2n) is 8.75. The molecule has 1 fully saturated rings. The number of hydrogen-bond donors (Lipinski definition) is 5. The first-order chi connectivity index (χ1) is 15.4. The fourth-order valence-electron chi connectivity index (χ4n) is 3.49. The molecule has 1 aromatic rings. The Morgan fingerprint density at radius 1 is 1.12 bits per heavy atom. The number of piperidine rings is 1. The Morgan fingerprint density at radius 2 is 1.68 bits per heavy atom. The first kappa shape index (κ1) is 28.8. The van der Waals surface area contributed by atoms with Crippen molar-refractivity contribution < 1.29 is 29.3 Å². The summed E-state index contributed by atoms with van der Waals surface area (Å²) in [6.07, 6.45) is 0.979. The zero-order chi connectivity index (χ0) is 26.1. The summed E-state index contributed by atoms with van der Waals surface area (Å²) in [6, 6.07) is 3.52. The number of halogens is 2. The van der Waals surface area contributed by atoms with E-state index in [1.165, 1.54) is 11.0 Å². The van der Waals surface area contributed by atoms with Gasteiger partial charge in [0, 0.05) is 27.9 Å². The van der Waals surface area contributed by atoms with Crippen molar-refractivity contribution in [1.29, 1.82) is 0 Å². The van der Waals surface area contributed by atoms with Gasteiger partial charge in [0.05, 0.1) is 21.2 Å². The molecule has 1 saturated heterocycles. The number of nitrogens with zero attached hydrogens (tertiary/aromatic N) is 1. The standard InChI is InChI=1S/C19H22B5ClFN3O5/c1-16(18(22,23)32,19(24,33)34)28-15(31)17(20,21)29-4-2-10(3-5-29)9-27-14(30)11-6-12(25)8-13(26)7-11/h6-8,10,32-34H,2-5,9H2,1H3,(H,27,30)(H,28,31). The quantitative estimate of drug-likeness (QED) is 0.208. The molecule has 10 radical (unpaired) electrons. The normalized spacial score (nSPS) is 18.2. The Hall–Kier alpha value is -1.46. The third-order valence-electron chi connectivity index (χ3n) is 6.08. The van der Waals surface area contributed by atoms with E-state index in [1.807, 2.05) is 5.32 Å². The van der Waals surface area contributed by atoms with Gasteiger partial charge in [0.25, 0.3) is 5.91 Å². The Bertz CT molecular complexity index is 886. The number of nitrogens with one attached hydrogen (secondary N) is 2. The minimum atomic E-state index is -3.23. The number of amides is 2. The molecule has 1 unspecified atom stereocenters. The molecule has 1 aromatic carbocycles. The van der Waals surface area contributed by atoms with Crippen LogP contribution in [-0.4, -0.2) is 113 Å². The van der Waals surface area contributed by atoms with Gasteiger partial charge in [0.1, 0.15) is 27.2 Å². The molecular formula is C19H22B5ClFN3O5. The van der Waals surface area contributed by atoms with Gasteiger partial charge in [-0.2, -0.15) is 0 Å². The van der Waals surface area contributed by atoms with Crippen LogP contribution < -0.4 is 10.6 Å². The second kappa shape index (κ2) is 10.3. The van der Waals surface area contributed by atoms with Crippen LogP contribution in [0.2, 0.25) is 5.02 Å². The summed E-state index contributed by atoms with van der Waals surface area (Å²) in [5.41, 5.74) is -5.69. The van der Waals surface area contributed by atoms with Gasteiger partial charge in [-0.05, 0) is 57.0 Å². The van der Waals surface area contributed by atoms with Crippen molar-refractivity contribution in [3.63, 3.8) is 0 Å². The number of carbonyl (C=O) groups excluding carboxylic acids is 2. The van der Waals surface area contributed by atoms with Crippen LogP contribution in [-0.2, 0) is 4.79 Å². The molecule has 0 bridgehead atoms. The summed E-state index contributed by atoms with van der Waals surface area (Å²) < 4.78 is 13.4. The van der Waals surface area contributed by atoms with Gasteiger partial charge in [0.2, 0.25) is 5.91 Å². The van der Waals surface area contributed by atoms with E-state index in [2.05, 4.69) is 5.32 Å². The van der Waals surface area contributed by atoms with Gasteiger partial charge in [-0.15, -0.1) is 0 Å². The minimum Gasteiger partial charge on any atom is -0.407 e. The van der Waals surface area contributed by atoms with E-state index in [9.17, 15) is 29.3 Å². The minimum absolute atomic E-state index is 0.0121. The molecule has 1 aliphatic rings. The summed E-state index contributed by atoms with van der Waals surface area (Å²) in [5.74, 6) is -2.22. The lowest BCUT2D eigenvalue weighted by Crippen LogP contribution is -2.78. The van der Waals surface area contributed by atoms with E-state index in [-0.39, 0.29) is 36.1 Å². The lowest BCUT2D eigenvalue weighted by atomic mass is 9.49. The molecule has 2 rings (SSSR count). The third-order valence-corrected chi connectivity index (χ3v) is 6.30. The van der Waals surface area contributed by atoms with Gasteiger partial charge in [0.15, 0.2) is 7.85 Å². The third kappa shape index (κ3) is 6.40. The lowest BCUT2D eigenvalue weighted by molar-refractivity contribution is -0.177. The average Bonchev–Trinajstić information content (AvgIpc) is 2.69. The Labute approximate surface area is 209 Å². The van der Waals surface area contributed by atoms with E-state index < -0.39 is 39.6 Å². The fraction of sp³-hybridized carbons (Fsp3) is 0.579. The van der Waals surface area contributed by atoms with Crippen LogP contribution in [0, 0.1) is 11.7 Å². The molecule has 2 amide bonds. The Kier molecular flexibility index (Phi) is 8.69. The molecule has 0 aromatic heterocycles. The molecule has 0 spiro atoms. The van der Waals surface area contributed by atoms with E-state index in [1.54, 1.807) is 0 Å². The lowest BCUT2D eigenvalue weighted by Gasteiger charge is -2.52. The predicted molar refractivity (Wildman–Crippen MR) is 128 cm³/mol. The van der Waals surface area contributed by atoms with Crippen molar-refractivity contribution in [3.8, 4) is 0 Å². The second-order valence-corrected chi connectivity index (χ2v) is 9.19. The van der Waals surface area contributed by atoms with E-state index in [4.69, 9.17) is 50.8 Å². The zero-order valence-corrected chi connectivity index (χ0v) is 19.3. The van der Waals surface area contributed by atoms with Crippen LogP contribution in [0.3, 0.4) is 0 Å². The number of benzene rings is 1. The maximum atomic E-state index is 13.4. The van der Waals surface area contributed by atoms with Gasteiger partial charge < -0.3 is 30.9 Å². The van der Waals surface area contributed by atoms with Crippen LogP contribution in [0.25, 0.3) is 0 Å². The molecule has 34 heavy (non-hydrogen) atoms. The van der Waals surface area contributed by atoms with E-state index in [0.717, 1.165) is 19.1 Å². The molecule has 0 saturated carbocycles. The largest absolute Gasteiger partial charge is 0.407 e. The van der Waals surface area contributed by atoms with Crippen LogP contribution >= 0.6 is 11.6 Å². The molecular weight excluding hydrogens is 459 g/mol. The maximum Gasteiger partial charge on any atom is 0.251 e. The summed E-state index contributed by atoms with van der Waals surface area (Å²) >= 11 is 5.77. The van der Waals surface area contributed by atoms with Crippen LogP contribution in [0.15, 0.2) is 18.2 Å². The maximum absolute atomic E-state index is 13.4.